The Morgan fingerprint density at radius 2 is 2.12 bits per heavy atom. The molecule has 1 rings (SSSR count). The largest absolute Gasteiger partial charge is 0.326 e. The van der Waals surface area contributed by atoms with Gasteiger partial charge in [0.25, 0.3) is 0 Å². The SMILES string of the molecule is CNCc1cccc(NC(=O)CCN(C)C)c1. The summed E-state index contributed by atoms with van der Waals surface area (Å²) in [6, 6.07) is 7.89. The van der Waals surface area contributed by atoms with E-state index in [1.807, 2.05) is 50.3 Å². The summed E-state index contributed by atoms with van der Waals surface area (Å²) in [5, 5.41) is 5.99. The van der Waals surface area contributed by atoms with Crippen LogP contribution in [0.4, 0.5) is 5.69 Å². The van der Waals surface area contributed by atoms with Crippen LogP contribution in [0.2, 0.25) is 0 Å². The first-order chi connectivity index (χ1) is 8.11. The first-order valence-corrected chi connectivity index (χ1v) is 5.80. The van der Waals surface area contributed by atoms with E-state index < -0.39 is 0 Å². The average Bonchev–Trinajstić information content (AvgIpc) is 2.27. The molecule has 0 spiro atoms. The van der Waals surface area contributed by atoms with Crippen molar-refractivity contribution in [3.05, 3.63) is 29.8 Å². The third-order valence-electron chi connectivity index (χ3n) is 2.38. The van der Waals surface area contributed by atoms with Gasteiger partial charge in [0, 0.05) is 25.2 Å². The van der Waals surface area contributed by atoms with Crippen LogP contribution in [0.25, 0.3) is 0 Å². The molecule has 0 aliphatic rings. The maximum Gasteiger partial charge on any atom is 0.225 e. The van der Waals surface area contributed by atoms with Crippen LogP contribution in [0.1, 0.15) is 12.0 Å². The second-order valence-corrected chi connectivity index (χ2v) is 4.33. The molecular weight excluding hydrogens is 214 g/mol. The standard InChI is InChI=1S/C13H21N3O/c1-14-10-11-5-4-6-12(9-11)15-13(17)7-8-16(2)3/h4-6,9,14H,7-8,10H2,1-3H3,(H,15,17). The molecular formula is C13H21N3O. The zero-order valence-electron chi connectivity index (χ0n) is 10.8. The van der Waals surface area contributed by atoms with Gasteiger partial charge in [0.15, 0.2) is 0 Å². The first kappa shape index (κ1) is 13.7. The highest BCUT2D eigenvalue weighted by molar-refractivity contribution is 5.90. The van der Waals surface area contributed by atoms with Crippen molar-refractivity contribution in [2.45, 2.75) is 13.0 Å². The highest BCUT2D eigenvalue weighted by Crippen LogP contribution is 2.10. The van der Waals surface area contributed by atoms with Gasteiger partial charge in [0.05, 0.1) is 0 Å². The van der Waals surface area contributed by atoms with Crippen LogP contribution in [0.15, 0.2) is 24.3 Å². The minimum atomic E-state index is 0.0558. The Morgan fingerprint density at radius 1 is 1.35 bits per heavy atom. The van der Waals surface area contributed by atoms with E-state index in [0.717, 1.165) is 24.3 Å². The lowest BCUT2D eigenvalue weighted by molar-refractivity contribution is -0.116. The quantitative estimate of drug-likeness (QED) is 0.781. The molecule has 0 heterocycles. The molecule has 94 valence electrons. The molecule has 17 heavy (non-hydrogen) atoms. The molecule has 0 aliphatic carbocycles. The average molecular weight is 235 g/mol. The maximum atomic E-state index is 11.6. The molecule has 0 unspecified atom stereocenters. The molecule has 0 aromatic heterocycles. The van der Waals surface area contributed by atoms with E-state index in [0.29, 0.717) is 6.42 Å². The van der Waals surface area contributed by atoms with Gasteiger partial charge in [-0.1, -0.05) is 12.1 Å². The molecule has 0 atom stereocenters. The van der Waals surface area contributed by atoms with Gasteiger partial charge in [0.1, 0.15) is 0 Å². The van der Waals surface area contributed by atoms with E-state index in [9.17, 15) is 4.79 Å². The predicted molar refractivity (Wildman–Crippen MR) is 71.0 cm³/mol. The molecule has 0 fully saturated rings. The summed E-state index contributed by atoms with van der Waals surface area (Å²) in [6.45, 7) is 1.57. The van der Waals surface area contributed by atoms with E-state index in [1.54, 1.807) is 0 Å². The first-order valence-electron chi connectivity index (χ1n) is 5.80. The zero-order chi connectivity index (χ0) is 12.7. The van der Waals surface area contributed by atoms with Crippen LogP contribution in [0, 0.1) is 0 Å². The summed E-state index contributed by atoms with van der Waals surface area (Å²) in [7, 11) is 5.82. The van der Waals surface area contributed by atoms with Crippen LogP contribution in [0.5, 0.6) is 0 Å². The van der Waals surface area contributed by atoms with E-state index in [2.05, 4.69) is 10.6 Å². The Labute approximate surface area is 103 Å². The van der Waals surface area contributed by atoms with Crippen molar-refractivity contribution in [3.63, 3.8) is 0 Å². The molecule has 4 nitrogen and oxygen atoms in total. The fraction of sp³-hybridized carbons (Fsp3) is 0.462. The predicted octanol–water partition coefficient (Wildman–Crippen LogP) is 1.30. The third-order valence-corrected chi connectivity index (χ3v) is 2.38. The van der Waals surface area contributed by atoms with Crippen molar-refractivity contribution in [1.29, 1.82) is 0 Å². The van der Waals surface area contributed by atoms with Gasteiger partial charge in [-0.3, -0.25) is 4.79 Å². The van der Waals surface area contributed by atoms with Gasteiger partial charge in [-0.05, 0) is 38.8 Å². The molecule has 0 saturated heterocycles. The van der Waals surface area contributed by atoms with Crippen molar-refractivity contribution >= 4 is 11.6 Å². The number of carbonyl (C=O) groups excluding carboxylic acids is 1. The van der Waals surface area contributed by atoms with Gasteiger partial charge in [-0.25, -0.2) is 0 Å². The highest BCUT2D eigenvalue weighted by atomic mass is 16.1. The van der Waals surface area contributed by atoms with E-state index in [-0.39, 0.29) is 5.91 Å². The van der Waals surface area contributed by atoms with Crippen molar-refractivity contribution in [2.75, 3.05) is 33.0 Å². The second-order valence-electron chi connectivity index (χ2n) is 4.33. The Hall–Kier alpha value is -1.39. The van der Waals surface area contributed by atoms with Crippen LogP contribution < -0.4 is 10.6 Å². The molecule has 2 N–H and O–H groups in total. The monoisotopic (exact) mass is 235 g/mol. The Morgan fingerprint density at radius 3 is 2.76 bits per heavy atom. The van der Waals surface area contributed by atoms with Crippen LogP contribution >= 0.6 is 0 Å². The zero-order valence-corrected chi connectivity index (χ0v) is 10.8. The van der Waals surface area contributed by atoms with Crippen LogP contribution in [0.3, 0.4) is 0 Å². The van der Waals surface area contributed by atoms with Gasteiger partial charge in [-0.15, -0.1) is 0 Å². The fourth-order valence-corrected chi connectivity index (χ4v) is 1.51. The normalized spacial score (nSPS) is 10.6. The number of nitrogens with one attached hydrogen (secondary N) is 2. The Bertz CT molecular complexity index is 363. The van der Waals surface area contributed by atoms with Crippen molar-refractivity contribution < 1.29 is 4.79 Å². The number of hydrogen-bond acceptors (Lipinski definition) is 3. The lowest BCUT2D eigenvalue weighted by Gasteiger charge is -2.10. The Kier molecular flexibility index (Phi) is 5.66. The molecule has 4 heteroatoms. The minimum absolute atomic E-state index is 0.0558. The third kappa shape index (κ3) is 5.47. The number of hydrogen-bond donors (Lipinski definition) is 2. The lowest BCUT2D eigenvalue weighted by atomic mass is 10.2. The number of nitrogens with zero attached hydrogens (tertiary/aromatic N) is 1. The summed E-state index contributed by atoms with van der Waals surface area (Å²) in [5.74, 6) is 0.0558. The minimum Gasteiger partial charge on any atom is -0.326 e. The summed E-state index contributed by atoms with van der Waals surface area (Å²) in [5.41, 5.74) is 2.03. The van der Waals surface area contributed by atoms with E-state index in [4.69, 9.17) is 0 Å². The fourth-order valence-electron chi connectivity index (χ4n) is 1.51. The summed E-state index contributed by atoms with van der Waals surface area (Å²) < 4.78 is 0. The molecule has 0 saturated carbocycles. The number of rotatable bonds is 6. The van der Waals surface area contributed by atoms with Crippen LogP contribution in [-0.4, -0.2) is 38.5 Å². The van der Waals surface area contributed by atoms with Gasteiger partial charge < -0.3 is 15.5 Å². The lowest BCUT2D eigenvalue weighted by Crippen LogP contribution is -2.20. The second kappa shape index (κ2) is 7.04. The molecule has 0 bridgehead atoms. The number of carbonyl (C=O) groups is 1. The van der Waals surface area contributed by atoms with Crippen LogP contribution in [-0.2, 0) is 11.3 Å². The van der Waals surface area contributed by atoms with Crippen molar-refractivity contribution in [1.82, 2.24) is 10.2 Å². The number of amides is 1. The van der Waals surface area contributed by atoms with Gasteiger partial charge in [0.2, 0.25) is 5.91 Å². The molecule has 0 aliphatic heterocycles. The van der Waals surface area contributed by atoms with Gasteiger partial charge in [-0.2, -0.15) is 0 Å². The Balaban J connectivity index is 2.50. The molecule has 1 aromatic rings. The molecule has 1 aromatic carbocycles. The summed E-state index contributed by atoms with van der Waals surface area (Å²) in [6.07, 6.45) is 0.517. The maximum absolute atomic E-state index is 11.6. The smallest absolute Gasteiger partial charge is 0.225 e. The molecule has 0 radical (unpaired) electrons. The summed E-state index contributed by atoms with van der Waals surface area (Å²) in [4.78, 5) is 13.6. The van der Waals surface area contributed by atoms with Gasteiger partial charge >= 0.3 is 0 Å². The molecule has 1 amide bonds. The van der Waals surface area contributed by atoms with Crippen molar-refractivity contribution in [3.8, 4) is 0 Å². The van der Waals surface area contributed by atoms with Crippen molar-refractivity contribution in [2.24, 2.45) is 0 Å². The highest BCUT2D eigenvalue weighted by Gasteiger charge is 2.03. The number of anilines is 1. The topological polar surface area (TPSA) is 44.4 Å². The summed E-state index contributed by atoms with van der Waals surface area (Å²) >= 11 is 0. The number of benzene rings is 1. The van der Waals surface area contributed by atoms with E-state index >= 15 is 0 Å². The van der Waals surface area contributed by atoms with E-state index in [1.165, 1.54) is 0 Å².